The first-order chi connectivity index (χ1) is 13.3. The van der Waals surface area contributed by atoms with E-state index in [-0.39, 0.29) is 16.9 Å². The van der Waals surface area contributed by atoms with Gasteiger partial charge in [0.05, 0.1) is 0 Å². The molecule has 0 aromatic heterocycles. The Labute approximate surface area is 167 Å². The molecule has 4 nitrogen and oxygen atoms in total. The van der Waals surface area contributed by atoms with Crippen LogP contribution in [-0.2, 0) is 15.0 Å². The van der Waals surface area contributed by atoms with Crippen LogP contribution in [0.2, 0.25) is 0 Å². The first-order valence-electron chi connectivity index (χ1n) is 10.7. The number of anilines is 1. The van der Waals surface area contributed by atoms with Gasteiger partial charge in [0.25, 0.3) is 5.91 Å². The molecule has 4 heteroatoms. The molecule has 28 heavy (non-hydrogen) atoms. The molecule has 2 bridgehead atoms. The lowest BCUT2D eigenvalue weighted by molar-refractivity contribution is -0.133. The summed E-state index contributed by atoms with van der Waals surface area (Å²) in [5.41, 5.74) is 3.02. The molecular weight excluding hydrogens is 350 g/mol. The van der Waals surface area contributed by atoms with Gasteiger partial charge in [-0.3, -0.25) is 4.79 Å². The van der Waals surface area contributed by atoms with Crippen LogP contribution in [-0.4, -0.2) is 17.0 Å². The fraction of sp³-hybridized carbons (Fsp3) is 0.583. The van der Waals surface area contributed by atoms with Gasteiger partial charge in [0.15, 0.2) is 0 Å². The molecule has 4 rings (SSSR count). The molecule has 0 radical (unpaired) electrons. The summed E-state index contributed by atoms with van der Waals surface area (Å²) in [4.78, 5) is 23.8. The van der Waals surface area contributed by atoms with Crippen LogP contribution >= 0.6 is 0 Å². The van der Waals surface area contributed by atoms with Crippen molar-refractivity contribution in [2.75, 3.05) is 5.32 Å². The summed E-state index contributed by atoms with van der Waals surface area (Å²) in [5.74, 6) is 1.32. The lowest BCUT2D eigenvalue weighted by Gasteiger charge is -2.47. The van der Waals surface area contributed by atoms with Crippen molar-refractivity contribution in [2.24, 2.45) is 17.8 Å². The number of hydrogen-bond donors (Lipinski definition) is 2. The van der Waals surface area contributed by atoms with Crippen molar-refractivity contribution in [3.63, 3.8) is 0 Å². The number of carbonyl (C=O) groups excluding carboxylic acids is 1. The lowest BCUT2D eigenvalue weighted by Crippen LogP contribution is -2.38. The zero-order valence-corrected chi connectivity index (χ0v) is 17.0. The van der Waals surface area contributed by atoms with E-state index in [0.717, 1.165) is 29.9 Å². The van der Waals surface area contributed by atoms with Gasteiger partial charge >= 0.3 is 5.97 Å². The average molecular weight is 382 g/mol. The van der Waals surface area contributed by atoms with Crippen LogP contribution in [0.1, 0.15) is 70.8 Å². The van der Waals surface area contributed by atoms with Gasteiger partial charge in [0.1, 0.15) is 0 Å². The number of fused-ring (bicyclic) bond motifs is 2. The highest BCUT2D eigenvalue weighted by atomic mass is 16.4. The maximum Gasteiger partial charge on any atom is 0.332 e. The van der Waals surface area contributed by atoms with Crippen molar-refractivity contribution >= 4 is 17.6 Å². The highest BCUT2D eigenvalue weighted by Crippen LogP contribution is 2.51. The molecule has 0 saturated heterocycles. The monoisotopic (exact) mass is 381 g/mol. The molecule has 3 aliphatic rings. The smallest absolute Gasteiger partial charge is 0.332 e. The number of carboxylic acids is 1. The predicted molar refractivity (Wildman–Crippen MR) is 110 cm³/mol. The van der Waals surface area contributed by atoms with Gasteiger partial charge in [-0.1, -0.05) is 26.0 Å². The Kier molecular flexibility index (Phi) is 5.07. The number of carboxylic acid groups (broad SMARTS) is 1. The minimum Gasteiger partial charge on any atom is -0.478 e. The van der Waals surface area contributed by atoms with E-state index in [2.05, 4.69) is 31.3 Å². The largest absolute Gasteiger partial charge is 0.478 e. The number of benzene rings is 1. The van der Waals surface area contributed by atoms with Crippen molar-refractivity contribution in [1.82, 2.24) is 0 Å². The van der Waals surface area contributed by atoms with Crippen LogP contribution in [0.3, 0.4) is 0 Å². The van der Waals surface area contributed by atoms with Crippen molar-refractivity contribution in [3.8, 4) is 0 Å². The second-order valence-corrected chi connectivity index (χ2v) is 9.66. The third-order valence-corrected chi connectivity index (χ3v) is 7.21. The molecule has 1 aromatic carbocycles. The molecule has 2 N–H and O–H groups in total. The molecule has 2 atom stereocenters. The first kappa shape index (κ1) is 19.2. The van der Waals surface area contributed by atoms with E-state index < -0.39 is 5.97 Å². The van der Waals surface area contributed by atoms with E-state index >= 15 is 0 Å². The van der Waals surface area contributed by atoms with E-state index in [4.69, 9.17) is 0 Å². The molecule has 3 aliphatic carbocycles. The standard InChI is InChI=1S/C24H31NO3/c1-15-10-16-12-17(11-15)14-24(2,13-16)18-6-8-19(9-7-18)25-22(26)20-4-3-5-21(20)23(27)28/h6-9,15-17H,3-5,10-14H2,1-2H3,(H,25,26)(H,27,28). The van der Waals surface area contributed by atoms with Gasteiger partial charge in [-0.15, -0.1) is 0 Å². The second kappa shape index (κ2) is 7.38. The van der Waals surface area contributed by atoms with E-state index in [1.807, 2.05) is 12.1 Å². The third kappa shape index (κ3) is 3.74. The van der Waals surface area contributed by atoms with Gasteiger partial charge < -0.3 is 10.4 Å². The van der Waals surface area contributed by atoms with Crippen molar-refractivity contribution in [1.29, 1.82) is 0 Å². The Morgan fingerprint density at radius 2 is 1.61 bits per heavy atom. The van der Waals surface area contributed by atoms with Gasteiger partial charge in [-0.05, 0) is 92.2 Å². The maximum absolute atomic E-state index is 12.5. The third-order valence-electron chi connectivity index (χ3n) is 7.21. The molecule has 0 heterocycles. The summed E-state index contributed by atoms with van der Waals surface area (Å²) in [6.45, 7) is 4.80. The van der Waals surface area contributed by atoms with Crippen LogP contribution in [0.15, 0.2) is 35.4 Å². The Balaban J connectivity index is 1.46. The topological polar surface area (TPSA) is 66.4 Å². The molecule has 150 valence electrons. The normalized spacial score (nSPS) is 32.3. The van der Waals surface area contributed by atoms with E-state index in [0.29, 0.717) is 18.4 Å². The van der Waals surface area contributed by atoms with Gasteiger partial charge in [0, 0.05) is 16.8 Å². The Bertz CT molecular complexity index is 790. The molecule has 2 unspecified atom stereocenters. The van der Waals surface area contributed by atoms with E-state index in [1.165, 1.54) is 37.7 Å². The molecule has 0 spiro atoms. The summed E-state index contributed by atoms with van der Waals surface area (Å²) >= 11 is 0. The van der Waals surface area contributed by atoms with Gasteiger partial charge in [-0.25, -0.2) is 4.79 Å². The highest BCUT2D eigenvalue weighted by Gasteiger charge is 2.41. The summed E-state index contributed by atoms with van der Waals surface area (Å²) in [7, 11) is 0. The van der Waals surface area contributed by atoms with Crippen LogP contribution in [0.4, 0.5) is 5.69 Å². The molecule has 2 saturated carbocycles. The summed E-state index contributed by atoms with van der Waals surface area (Å²) in [6, 6.07) is 8.26. The number of amides is 1. The Hall–Kier alpha value is -2.10. The fourth-order valence-corrected chi connectivity index (χ4v) is 6.22. The fourth-order valence-electron chi connectivity index (χ4n) is 6.22. The highest BCUT2D eigenvalue weighted by molar-refractivity contribution is 6.09. The lowest BCUT2D eigenvalue weighted by atomic mass is 9.57. The molecule has 0 aliphatic heterocycles. The molecule has 1 aromatic rings. The Morgan fingerprint density at radius 1 is 1.00 bits per heavy atom. The van der Waals surface area contributed by atoms with E-state index in [9.17, 15) is 14.7 Å². The molecule has 2 fully saturated rings. The van der Waals surface area contributed by atoms with Crippen LogP contribution < -0.4 is 5.32 Å². The second-order valence-electron chi connectivity index (χ2n) is 9.66. The van der Waals surface area contributed by atoms with Crippen LogP contribution in [0, 0.1) is 17.8 Å². The number of rotatable bonds is 4. The minimum absolute atomic E-state index is 0.223. The van der Waals surface area contributed by atoms with Crippen molar-refractivity contribution in [2.45, 2.75) is 70.6 Å². The quantitative estimate of drug-likeness (QED) is 0.744. The summed E-state index contributed by atoms with van der Waals surface area (Å²) < 4.78 is 0. The van der Waals surface area contributed by atoms with Gasteiger partial charge in [0.2, 0.25) is 0 Å². The first-order valence-corrected chi connectivity index (χ1v) is 10.7. The number of carbonyl (C=O) groups is 2. The number of hydrogen-bond acceptors (Lipinski definition) is 2. The van der Waals surface area contributed by atoms with Crippen molar-refractivity contribution in [3.05, 3.63) is 41.0 Å². The van der Waals surface area contributed by atoms with Crippen LogP contribution in [0.5, 0.6) is 0 Å². The zero-order chi connectivity index (χ0) is 19.9. The van der Waals surface area contributed by atoms with E-state index in [1.54, 1.807) is 0 Å². The average Bonchev–Trinajstić information content (AvgIpc) is 3.11. The number of aliphatic carboxylic acids is 1. The number of nitrogens with one attached hydrogen (secondary N) is 1. The molecule has 1 amide bonds. The molecular formula is C24H31NO3. The predicted octanol–water partition coefficient (Wildman–Crippen LogP) is 5.29. The minimum atomic E-state index is -0.969. The zero-order valence-electron chi connectivity index (χ0n) is 17.0. The summed E-state index contributed by atoms with van der Waals surface area (Å²) in [6.07, 6.45) is 8.41. The van der Waals surface area contributed by atoms with Gasteiger partial charge in [-0.2, -0.15) is 0 Å². The maximum atomic E-state index is 12.5. The van der Waals surface area contributed by atoms with Crippen molar-refractivity contribution < 1.29 is 14.7 Å². The SMILES string of the molecule is CC1CC2CC(C1)CC(C)(c1ccc(NC(=O)C3=C(C(=O)O)CCC3)cc1)C2. The Morgan fingerprint density at radius 3 is 2.21 bits per heavy atom. The van der Waals surface area contributed by atoms with Crippen LogP contribution in [0.25, 0.3) is 0 Å². The summed E-state index contributed by atoms with van der Waals surface area (Å²) in [5, 5.41) is 12.2.